The summed E-state index contributed by atoms with van der Waals surface area (Å²) in [5.74, 6) is 0. The van der Waals surface area contributed by atoms with E-state index in [4.69, 9.17) is 10.5 Å². The molecular formula is C16H24N2O2. The van der Waals surface area contributed by atoms with Crippen molar-refractivity contribution in [2.24, 2.45) is 0 Å². The Hall–Kier alpha value is -1.97. The van der Waals surface area contributed by atoms with E-state index in [2.05, 4.69) is 5.32 Å². The van der Waals surface area contributed by atoms with Gasteiger partial charge in [0, 0.05) is 12.2 Å². The van der Waals surface area contributed by atoms with E-state index in [-0.39, 0.29) is 0 Å². The Labute approximate surface area is 121 Å². The molecule has 4 nitrogen and oxygen atoms in total. The first-order valence-electron chi connectivity index (χ1n) is 6.70. The number of anilines is 1. The monoisotopic (exact) mass is 276 g/mol. The molecule has 0 unspecified atom stereocenters. The molecule has 0 fully saturated rings. The van der Waals surface area contributed by atoms with E-state index in [1.807, 2.05) is 58.9 Å². The first-order chi connectivity index (χ1) is 9.20. The summed E-state index contributed by atoms with van der Waals surface area (Å²) in [5, 5.41) is 2.68. The number of benzene rings is 1. The van der Waals surface area contributed by atoms with Gasteiger partial charge in [-0.3, -0.25) is 0 Å². The lowest BCUT2D eigenvalue weighted by molar-refractivity contribution is 0.0534. The van der Waals surface area contributed by atoms with Gasteiger partial charge < -0.3 is 15.8 Å². The fourth-order valence-electron chi connectivity index (χ4n) is 1.69. The first kappa shape index (κ1) is 16.1. The molecule has 3 N–H and O–H groups in total. The highest BCUT2D eigenvalue weighted by molar-refractivity contribution is 5.68. The minimum atomic E-state index is -0.474. The summed E-state index contributed by atoms with van der Waals surface area (Å²) < 4.78 is 5.15. The highest BCUT2D eigenvalue weighted by atomic mass is 16.6. The van der Waals surface area contributed by atoms with Crippen molar-refractivity contribution >= 4 is 17.9 Å². The van der Waals surface area contributed by atoms with Gasteiger partial charge in [0.1, 0.15) is 5.60 Å². The molecule has 0 atom stereocenters. The minimum Gasteiger partial charge on any atom is -0.444 e. The van der Waals surface area contributed by atoms with Crippen LogP contribution in [0.25, 0.3) is 6.08 Å². The standard InChI is InChI=1S/C16H24N2O2/c1-11-12(2)14(17)9-8-13(11)7-6-10-18-15(19)20-16(3,4)5/h6-9H,10,17H2,1-5H3,(H,18,19). The van der Waals surface area contributed by atoms with Crippen LogP contribution in [-0.2, 0) is 4.74 Å². The number of alkyl carbamates (subject to hydrolysis) is 1. The van der Waals surface area contributed by atoms with Crippen molar-refractivity contribution < 1.29 is 9.53 Å². The minimum absolute atomic E-state index is 0.410. The van der Waals surface area contributed by atoms with Gasteiger partial charge in [-0.2, -0.15) is 0 Å². The second-order valence-corrected chi connectivity index (χ2v) is 5.78. The fourth-order valence-corrected chi connectivity index (χ4v) is 1.69. The normalized spacial score (nSPS) is 11.7. The zero-order valence-corrected chi connectivity index (χ0v) is 12.9. The number of hydrogen-bond acceptors (Lipinski definition) is 3. The van der Waals surface area contributed by atoms with E-state index in [9.17, 15) is 4.79 Å². The molecule has 0 aliphatic carbocycles. The van der Waals surface area contributed by atoms with Crippen LogP contribution in [0.1, 0.15) is 37.5 Å². The van der Waals surface area contributed by atoms with Gasteiger partial charge in [-0.15, -0.1) is 0 Å². The largest absolute Gasteiger partial charge is 0.444 e. The molecule has 0 radical (unpaired) electrons. The van der Waals surface area contributed by atoms with E-state index < -0.39 is 11.7 Å². The lowest BCUT2D eigenvalue weighted by atomic mass is 10.0. The number of carbonyl (C=O) groups is 1. The van der Waals surface area contributed by atoms with E-state index in [1.165, 1.54) is 0 Å². The molecule has 0 aromatic heterocycles. The highest BCUT2D eigenvalue weighted by Crippen LogP contribution is 2.20. The van der Waals surface area contributed by atoms with Crippen LogP contribution in [0.15, 0.2) is 18.2 Å². The Kier molecular flexibility index (Phi) is 5.19. The quantitative estimate of drug-likeness (QED) is 0.831. The average molecular weight is 276 g/mol. The molecule has 1 amide bonds. The summed E-state index contributed by atoms with van der Waals surface area (Å²) in [5.41, 5.74) is 9.51. The summed E-state index contributed by atoms with van der Waals surface area (Å²) >= 11 is 0. The Morgan fingerprint density at radius 1 is 1.30 bits per heavy atom. The molecule has 1 aromatic rings. The number of carbonyl (C=O) groups excluding carboxylic acids is 1. The van der Waals surface area contributed by atoms with E-state index >= 15 is 0 Å². The molecule has 0 bridgehead atoms. The molecule has 0 saturated heterocycles. The van der Waals surface area contributed by atoms with Gasteiger partial charge in [0.15, 0.2) is 0 Å². The van der Waals surface area contributed by atoms with Gasteiger partial charge in [-0.25, -0.2) is 4.79 Å². The molecule has 0 aliphatic rings. The fraction of sp³-hybridized carbons (Fsp3) is 0.438. The highest BCUT2D eigenvalue weighted by Gasteiger charge is 2.14. The number of rotatable bonds is 3. The maximum atomic E-state index is 11.5. The van der Waals surface area contributed by atoms with Crippen LogP contribution in [0.4, 0.5) is 10.5 Å². The SMILES string of the molecule is Cc1c(N)ccc(C=CCNC(=O)OC(C)(C)C)c1C. The van der Waals surface area contributed by atoms with Crippen molar-refractivity contribution in [2.45, 2.75) is 40.2 Å². The molecule has 110 valence electrons. The van der Waals surface area contributed by atoms with Crippen molar-refractivity contribution in [3.05, 3.63) is 34.9 Å². The number of ether oxygens (including phenoxy) is 1. The maximum absolute atomic E-state index is 11.5. The number of hydrogen-bond donors (Lipinski definition) is 2. The van der Waals surface area contributed by atoms with E-state index in [0.29, 0.717) is 6.54 Å². The van der Waals surface area contributed by atoms with Crippen LogP contribution in [0.5, 0.6) is 0 Å². The van der Waals surface area contributed by atoms with Gasteiger partial charge in [0.2, 0.25) is 0 Å². The molecule has 20 heavy (non-hydrogen) atoms. The molecule has 0 spiro atoms. The Morgan fingerprint density at radius 3 is 2.55 bits per heavy atom. The molecular weight excluding hydrogens is 252 g/mol. The first-order valence-corrected chi connectivity index (χ1v) is 6.70. The van der Waals surface area contributed by atoms with Gasteiger partial charge in [0.25, 0.3) is 0 Å². The van der Waals surface area contributed by atoms with Crippen LogP contribution >= 0.6 is 0 Å². The molecule has 4 heteroatoms. The Morgan fingerprint density at radius 2 is 1.95 bits per heavy atom. The lowest BCUT2D eigenvalue weighted by Gasteiger charge is -2.19. The zero-order chi connectivity index (χ0) is 15.3. The number of nitrogen functional groups attached to an aromatic ring is 1. The van der Waals surface area contributed by atoms with Crippen LogP contribution < -0.4 is 11.1 Å². The van der Waals surface area contributed by atoms with Crippen molar-refractivity contribution in [3.8, 4) is 0 Å². The third-order valence-corrected chi connectivity index (χ3v) is 2.93. The van der Waals surface area contributed by atoms with Gasteiger partial charge in [-0.05, 0) is 57.4 Å². The summed E-state index contributed by atoms with van der Waals surface area (Å²) in [6, 6.07) is 3.87. The summed E-state index contributed by atoms with van der Waals surface area (Å²) in [6.45, 7) is 9.97. The topological polar surface area (TPSA) is 64.3 Å². The average Bonchev–Trinajstić information content (AvgIpc) is 2.32. The number of nitrogens with two attached hydrogens (primary N) is 1. The second-order valence-electron chi connectivity index (χ2n) is 5.78. The zero-order valence-electron chi connectivity index (χ0n) is 12.9. The van der Waals surface area contributed by atoms with Crippen molar-refractivity contribution in [1.82, 2.24) is 5.32 Å². The van der Waals surface area contributed by atoms with Crippen LogP contribution in [-0.4, -0.2) is 18.2 Å². The van der Waals surface area contributed by atoms with Crippen LogP contribution in [0.2, 0.25) is 0 Å². The van der Waals surface area contributed by atoms with Gasteiger partial charge >= 0.3 is 6.09 Å². The smallest absolute Gasteiger partial charge is 0.407 e. The summed E-state index contributed by atoms with van der Waals surface area (Å²) in [7, 11) is 0. The molecule has 1 aromatic carbocycles. The van der Waals surface area contributed by atoms with E-state index in [1.54, 1.807) is 0 Å². The molecule has 1 rings (SSSR count). The van der Waals surface area contributed by atoms with Crippen molar-refractivity contribution in [2.75, 3.05) is 12.3 Å². The second kappa shape index (κ2) is 6.46. The molecule has 0 heterocycles. The van der Waals surface area contributed by atoms with Crippen molar-refractivity contribution in [3.63, 3.8) is 0 Å². The molecule has 0 aliphatic heterocycles. The summed E-state index contributed by atoms with van der Waals surface area (Å²) in [6.07, 6.45) is 3.45. The molecule has 0 saturated carbocycles. The van der Waals surface area contributed by atoms with Crippen LogP contribution in [0, 0.1) is 13.8 Å². The predicted octanol–water partition coefficient (Wildman–Crippen LogP) is 3.42. The maximum Gasteiger partial charge on any atom is 0.407 e. The Balaban J connectivity index is 2.54. The van der Waals surface area contributed by atoms with Gasteiger partial charge in [0.05, 0.1) is 0 Å². The van der Waals surface area contributed by atoms with Crippen LogP contribution in [0.3, 0.4) is 0 Å². The number of amides is 1. The lowest BCUT2D eigenvalue weighted by Crippen LogP contribution is -2.32. The third-order valence-electron chi connectivity index (χ3n) is 2.93. The Bertz CT molecular complexity index is 514. The summed E-state index contributed by atoms with van der Waals surface area (Å²) in [4.78, 5) is 11.5. The number of nitrogens with one attached hydrogen (secondary N) is 1. The predicted molar refractivity (Wildman–Crippen MR) is 83.6 cm³/mol. The third kappa shape index (κ3) is 4.96. The van der Waals surface area contributed by atoms with Gasteiger partial charge in [-0.1, -0.05) is 18.2 Å². The van der Waals surface area contributed by atoms with E-state index in [0.717, 1.165) is 22.4 Å². The van der Waals surface area contributed by atoms with Crippen molar-refractivity contribution in [1.29, 1.82) is 0 Å².